The van der Waals surface area contributed by atoms with E-state index >= 15 is 0 Å². The standard InChI is InChI=1S/C21H21NO4S2/c1-4-25-21(24)19-18(16-6-5-11-27-16)14(3)28-20(19)22-17(23)12-26-15-9-7-13(2)8-10-15/h5-11H,4,12H2,1-3H3,(H,22,23). The molecule has 0 atom stereocenters. The Bertz CT molecular complexity index is 959. The number of aryl methyl sites for hydroxylation is 2. The number of thiophene rings is 2. The first-order chi connectivity index (χ1) is 13.5. The van der Waals surface area contributed by atoms with Crippen LogP contribution in [-0.2, 0) is 9.53 Å². The molecule has 1 amide bonds. The second kappa shape index (κ2) is 9.03. The van der Waals surface area contributed by atoms with E-state index in [1.807, 2.05) is 55.6 Å². The van der Waals surface area contributed by atoms with Gasteiger partial charge in [0.2, 0.25) is 0 Å². The van der Waals surface area contributed by atoms with Gasteiger partial charge in [0.05, 0.1) is 6.61 Å². The van der Waals surface area contributed by atoms with E-state index in [4.69, 9.17) is 9.47 Å². The van der Waals surface area contributed by atoms with Crippen LogP contribution in [0.25, 0.3) is 10.4 Å². The maximum Gasteiger partial charge on any atom is 0.341 e. The summed E-state index contributed by atoms with van der Waals surface area (Å²) in [6, 6.07) is 11.4. The average molecular weight is 416 g/mol. The van der Waals surface area contributed by atoms with E-state index < -0.39 is 5.97 Å². The van der Waals surface area contributed by atoms with Crippen molar-refractivity contribution in [3.63, 3.8) is 0 Å². The largest absolute Gasteiger partial charge is 0.484 e. The normalized spacial score (nSPS) is 10.5. The van der Waals surface area contributed by atoms with Crippen molar-refractivity contribution in [2.45, 2.75) is 20.8 Å². The smallest absolute Gasteiger partial charge is 0.341 e. The van der Waals surface area contributed by atoms with Crippen molar-refractivity contribution in [1.29, 1.82) is 0 Å². The van der Waals surface area contributed by atoms with Gasteiger partial charge >= 0.3 is 5.97 Å². The van der Waals surface area contributed by atoms with Crippen LogP contribution in [0.15, 0.2) is 41.8 Å². The molecule has 1 N–H and O–H groups in total. The highest BCUT2D eigenvalue weighted by atomic mass is 32.1. The summed E-state index contributed by atoms with van der Waals surface area (Å²) < 4.78 is 10.8. The third-order valence-electron chi connectivity index (χ3n) is 3.98. The summed E-state index contributed by atoms with van der Waals surface area (Å²) in [7, 11) is 0. The van der Waals surface area contributed by atoms with Gasteiger partial charge in [-0.3, -0.25) is 4.79 Å². The number of esters is 1. The Balaban J connectivity index is 1.80. The number of benzene rings is 1. The van der Waals surface area contributed by atoms with Crippen LogP contribution in [0.3, 0.4) is 0 Å². The molecule has 0 radical (unpaired) electrons. The van der Waals surface area contributed by atoms with Gasteiger partial charge in [0.1, 0.15) is 16.3 Å². The number of hydrogen-bond donors (Lipinski definition) is 1. The maximum atomic E-state index is 12.6. The molecule has 7 heteroatoms. The molecule has 3 rings (SSSR count). The van der Waals surface area contributed by atoms with Crippen LogP contribution in [0.4, 0.5) is 5.00 Å². The highest BCUT2D eigenvalue weighted by Gasteiger charge is 2.26. The van der Waals surface area contributed by atoms with Gasteiger partial charge in [-0.05, 0) is 44.4 Å². The number of nitrogens with one attached hydrogen (secondary N) is 1. The third kappa shape index (κ3) is 4.61. The Labute approximate surface area is 171 Å². The first kappa shape index (κ1) is 20.1. The molecule has 146 valence electrons. The molecule has 0 spiro atoms. The molecular formula is C21H21NO4S2. The Morgan fingerprint density at radius 1 is 1.11 bits per heavy atom. The van der Waals surface area contributed by atoms with Crippen LogP contribution in [0.5, 0.6) is 5.75 Å². The molecule has 28 heavy (non-hydrogen) atoms. The van der Waals surface area contributed by atoms with E-state index in [9.17, 15) is 9.59 Å². The zero-order chi connectivity index (χ0) is 20.1. The predicted molar refractivity (Wildman–Crippen MR) is 114 cm³/mol. The van der Waals surface area contributed by atoms with Crippen LogP contribution in [-0.4, -0.2) is 25.1 Å². The topological polar surface area (TPSA) is 64.6 Å². The number of rotatable bonds is 7. The van der Waals surface area contributed by atoms with Crippen molar-refractivity contribution in [3.05, 3.63) is 57.8 Å². The van der Waals surface area contributed by atoms with Crippen molar-refractivity contribution in [3.8, 4) is 16.2 Å². The van der Waals surface area contributed by atoms with Crippen LogP contribution in [0.2, 0.25) is 0 Å². The molecule has 0 saturated heterocycles. The fourth-order valence-corrected chi connectivity index (χ4v) is 4.67. The van der Waals surface area contributed by atoms with Crippen LogP contribution in [0.1, 0.15) is 27.7 Å². The summed E-state index contributed by atoms with van der Waals surface area (Å²) in [6.45, 7) is 5.80. The van der Waals surface area contributed by atoms with E-state index in [-0.39, 0.29) is 19.1 Å². The molecule has 0 aliphatic carbocycles. The monoisotopic (exact) mass is 415 g/mol. The molecule has 0 unspecified atom stereocenters. The van der Waals surface area contributed by atoms with E-state index in [2.05, 4.69) is 5.32 Å². The van der Waals surface area contributed by atoms with Gasteiger partial charge in [0.15, 0.2) is 6.61 Å². The second-order valence-electron chi connectivity index (χ2n) is 6.09. The lowest BCUT2D eigenvalue weighted by atomic mass is 10.1. The Morgan fingerprint density at radius 2 is 1.86 bits per heavy atom. The molecule has 0 fully saturated rings. The number of hydrogen-bond acceptors (Lipinski definition) is 6. The molecule has 0 saturated carbocycles. The van der Waals surface area contributed by atoms with Crippen molar-refractivity contribution >= 4 is 39.6 Å². The molecule has 3 aromatic rings. The fourth-order valence-electron chi connectivity index (χ4n) is 2.69. The molecule has 5 nitrogen and oxygen atoms in total. The van der Waals surface area contributed by atoms with Gasteiger partial charge in [0, 0.05) is 15.3 Å². The van der Waals surface area contributed by atoms with Crippen LogP contribution >= 0.6 is 22.7 Å². The minimum absolute atomic E-state index is 0.142. The summed E-state index contributed by atoms with van der Waals surface area (Å²) in [5.74, 6) is -0.150. The maximum absolute atomic E-state index is 12.6. The van der Waals surface area contributed by atoms with Crippen molar-refractivity contribution in [2.24, 2.45) is 0 Å². The van der Waals surface area contributed by atoms with Crippen LogP contribution in [0, 0.1) is 13.8 Å². The van der Waals surface area contributed by atoms with Crippen molar-refractivity contribution < 1.29 is 19.1 Å². The average Bonchev–Trinajstić information content (AvgIpc) is 3.29. The van der Waals surface area contributed by atoms with Gasteiger partial charge in [-0.1, -0.05) is 23.8 Å². The molecule has 0 aliphatic heterocycles. The molecular weight excluding hydrogens is 394 g/mol. The summed E-state index contributed by atoms with van der Waals surface area (Å²) >= 11 is 2.91. The highest BCUT2D eigenvalue weighted by Crippen LogP contribution is 2.42. The lowest BCUT2D eigenvalue weighted by molar-refractivity contribution is -0.118. The van der Waals surface area contributed by atoms with Gasteiger partial charge < -0.3 is 14.8 Å². The first-order valence-electron chi connectivity index (χ1n) is 8.83. The van der Waals surface area contributed by atoms with Gasteiger partial charge in [0.25, 0.3) is 5.91 Å². The fraction of sp³-hybridized carbons (Fsp3) is 0.238. The summed E-state index contributed by atoms with van der Waals surface area (Å²) in [6.07, 6.45) is 0. The number of carbonyl (C=O) groups is 2. The minimum Gasteiger partial charge on any atom is -0.484 e. The predicted octanol–water partition coefficient (Wildman–Crippen LogP) is 5.29. The van der Waals surface area contributed by atoms with Crippen molar-refractivity contribution in [2.75, 3.05) is 18.5 Å². The zero-order valence-electron chi connectivity index (χ0n) is 15.9. The van der Waals surface area contributed by atoms with E-state index in [1.165, 1.54) is 11.3 Å². The Kier molecular flexibility index (Phi) is 6.49. The number of carbonyl (C=O) groups excluding carboxylic acids is 2. The molecule has 1 aromatic carbocycles. The SMILES string of the molecule is CCOC(=O)c1c(NC(=O)COc2ccc(C)cc2)sc(C)c1-c1cccs1. The summed E-state index contributed by atoms with van der Waals surface area (Å²) in [4.78, 5) is 26.9. The first-order valence-corrected chi connectivity index (χ1v) is 10.5. The second-order valence-corrected chi connectivity index (χ2v) is 8.26. The van der Waals surface area contributed by atoms with Gasteiger partial charge in [-0.2, -0.15) is 0 Å². The zero-order valence-corrected chi connectivity index (χ0v) is 17.5. The Hall–Kier alpha value is -2.64. The third-order valence-corrected chi connectivity index (χ3v) is 5.88. The highest BCUT2D eigenvalue weighted by molar-refractivity contribution is 7.18. The van der Waals surface area contributed by atoms with Crippen LogP contribution < -0.4 is 10.1 Å². The summed E-state index contributed by atoms with van der Waals surface area (Å²) in [5.41, 5.74) is 2.33. The molecule has 2 heterocycles. The minimum atomic E-state index is -0.440. The van der Waals surface area contributed by atoms with E-state index in [0.717, 1.165) is 20.9 Å². The summed E-state index contributed by atoms with van der Waals surface area (Å²) in [5, 5.41) is 5.25. The quantitative estimate of drug-likeness (QED) is 0.533. The molecule has 2 aromatic heterocycles. The van der Waals surface area contributed by atoms with Crippen molar-refractivity contribution in [1.82, 2.24) is 0 Å². The van der Waals surface area contributed by atoms with Gasteiger partial charge in [-0.25, -0.2) is 4.79 Å². The number of anilines is 1. The lowest BCUT2D eigenvalue weighted by Crippen LogP contribution is -2.21. The molecule has 0 bridgehead atoms. The number of ether oxygens (including phenoxy) is 2. The Morgan fingerprint density at radius 3 is 2.50 bits per heavy atom. The lowest BCUT2D eigenvalue weighted by Gasteiger charge is -2.09. The van der Waals surface area contributed by atoms with E-state index in [0.29, 0.717) is 16.3 Å². The van der Waals surface area contributed by atoms with Gasteiger partial charge in [-0.15, -0.1) is 22.7 Å². The molecule has 0 aliphatic rings. The number of amides is 1. The van der Waals surface area contributed by atoms with E-state index in [1.54, 1.807) is 18.3 Å².